The molecule has 0 heterocycles. The van der Waals surface area contributed by atoms with Crippen molar-refractivity contribution in [3.05, 3.63) is 165 Å². The third-order valence-electron chi connectivity index (χ3n) is 8.92. The van der Waals surface area contributed by atoms with Gasteiger partial charge in [0.2, 0.25) is 0 Å². The first-order chi connectivity index (χ1) is 25.5. The monoisotopic (exact) mass is 788 g/mol. The molecule has 7 aromatic carbocycles. The number of benzene rings is 7. The molecule has 0 saturated carbocycles. The van der Waals surface area contributed by atoms with Crippen molar-refractivity contribution >= 4 is 65.8 Å². The summed E-state index contributed by atoms with van der Waals surface area (Å²) in [4.78, 5) is 12.2. The summed E-state index contributed by atoms with van der Waals surface area (Å²) in [5.74, 6) is -0.216. The van der Waals surface area contributed by atoms with Crippen LogP contribution in [0.1, 0.15) is 43.0 Å². The minimum absolute atomic E-state index is 0.0145. The molecule has 0 aromatic heterocycles. The van der Waals surface area contributed by atoms with Crippen LogP contribution in [0.4, 0.5) is 0 Å². The molecule has 0 fully saturated rings. The van der Waals surface area contributed by atoms with Crippen molar-refractivity contribution < 1.29 is 14.6 Å². The fourth-order valence-electron chi connectivity index (χ4n) is 6.00. The van der Waals surface area contributed by atoms with Crippen LogP contribution in [0.15, 0.2) is 138 Å². The molecule has 7 aromatic rings. The molecule has 0 amide bonds. The Bertz CT molecular complexity index is 2250. The maximum atomic E-state index is 12.2. The first kappa shape index (κ1) is 39.5. The van der Waals surface area contributed by atoms with Crippen LogP contribution in [0.25, 0.3) is 32.3 Å². The second kappa shape index (κ2) is 18.4. The summed E-state index contributed by atoms with van der Waals surface area (Å²) in [7, 11) is 0. The van der Waals surface area contributed by atoms with Crippen molar-refractivity contribution in [3.8, 4) is 11.5 Å². The van der Waals surface area contributed by atoms with Crippen LogP contribution < -0.4 is 16.2 Å². The molecule has 5 nitrogen and oxygen atoms in total. The van der Waals surface area contributed by atoms with E-state index >= 15 is 0 Å². The Balaban J connectivity index is 0.000000165. The van der Waals surface area contributed by atoms with Gasteiger partial charge in [0.25, 0.3) is 0 Å². The van der Waals surface area contributed by atoms with Crippen LogP contribution in [-0.2, 0) is 29.5 Å². The Labute approximate surface area is 325 Å². The Kier molecular flexibility index (Phi) is 13.7. The van der Waals surface area contributed by atoms with Crippen LogP contribution in [0.3, 0.4) is 0 Å². The van der Waals surface area contributed by atoms with E-state index in [0.29, 0.717) is 13.1 Å². The lowest BCUT2D eigenvalue weighted by atomic mass is 9.87. The Morgan fingerprint density at radius 2 is 1.23 bits per heavy atom. The van der Waals surface area contributed by atoms with Gasteiger partial charge in [0.15, 0.2) is 11.5 Å². The molecule has 53 heavy (non-hydrogen) atoms. The molecule has 0 atom stereocenters. The van der Waals surface area contributed by atoms with Crippen LogP contribution >= 0.6 is 27.5 Å². The number of halogens is 2. The van der Waals surface area contributed by atoms with Gasteiger partial charge in [-0.25, -0.2) is 0 Å². The number of carbonyl (C=O) groups excluding carboxylic acids is 1. The zero-order valence-corrected chi connectivity index (χ0v) is 32.8. The highest BCUT2D eigenvalue weighted by atomic mass is 79.9. The number of carbonyl (C=O) groups is 1. The van der Waals surface area contributed by atoms with Gasteiger partial charge in [-0.2, -0.15) is 0 Å². The molecule has 0 saturated heterocycles. The van der Waals surface area contributed by atoms with Gasteiger partial charge in [0, 0.05) is 9.86 Å². The highest BCUT2D eigenvalue weighted by Gasteiger charge is 2.17. The van der Waals surface area contributed by atoms with Gasteiger partial charge in [-0.1, -0.05) is 154 Å². The second-order valence-electron chi connectivity index (χ2n) is 13.9. The van der Waals surface area contributed by atoms with E-state index < -0.39 is 5.97 Å². The standard InChI is InChI=1S/C22H22O3.C12H12BrN.C12H12ClN/c1-22(2,3)18-10-11-20(19(23)14-18)25-21(24)13-15-8-9-16-6-4-5-7-17(16)12-15;2*13-12-10(7-8-14)6-5-9-3-1-2-4-11(9)12/h4-12,14,23H,13H2,1-3H3;2*1-6H,7-8,14H2. The van der Waals surface area contributed by atoms with Gasteiger partial charge in [0.1, 0.15) is 0 Å². The van der Waals surface area contributed by atoms with Gasteiger partial charge in [-0.15, -0.1) is 0 Å². The topological polar surface area (TPSA) is 98.6 Å². The molecule has 0 aliphatic rings. The van der Waals surface area contributed by atoms with Gasteiger partial charge in [-0.05, 0) is 109 Å². The summed E-state index contributed by atoms with van der Waals surface area (Å²) in [6, 6.07) is 44.0. The Morgan fingerprint density at radius 1 is 0.679 bits per heavy atom. The molecule has 0 unspecified atom stereocenters. The summed E-state index contributed by atoms with van der Waals surface area (Å²) in [6.07, 6.45) is 1.92. The maximum absolute atomic E-state index is 12.2. The minimum atomic E-state index is -0.394. The molecular weight excluding hydrogens is 744 g/mol. The van der Waals surface area contributed by atoms with E-state index in [1.165, 1.54) is 26.2 Å². The van der Waals surface area contributed by atoms with E-state index in [9.17, 15) is 9.90 Å². The summed E-state index contributed by atoms with van der Waals surface area (Å²) >= 11 is 9.89. The Hall–Kier alpha value is -4.72. The number of ether oxygens (including phenoxy) is 1. The number of esters is 1. The fraction of sp³-hybridized carbons (Fsp3) is 0.196. The van der Waals surface area contributed by atoms with Crippen molar-refractivity contribution in [2.45, 2.75) is 45.4 Å². The van der Waals surface area contributed by atoms with E-state index in [1.807, 2.05) is 66.7 Å². The molecule has 0 spiro atoms. The minimum Gasteiger partial charge on any atom is -0.504 e. The number of hydrogen-bond acceptors (Lipinski definition) is 5. The number of rotatable bonds is 7. The van der Waals surface area contributed by atoms with Gasteiger partial charge >= 0.3 is 5.97 Å². The van der Waals surface area contributed by atoms with E-state index in [1.54, 1.807) is 12.1 Å². The first-order valence-corrected chi connectivity index (χ1v) is 18.9. The van der Waals surface area contributed by atoms with Crippen molar-refractivity contribution in [1.82, 2.24) is 0 Å². The van der Waals surface area contributed by atoms with Crippen molar-refractivity contribution in [1.29, 1.82) is 0 Å². The zero-order chi connectivity index (χ0) is 38.0. The molecule has 0 aliphatic carbocycles. The first-order valence-electron chi connectivity index (χ1n) is 17.7. The number of fused-ring (bicyclic) bond motifs is 3. The lowest BCUT2D eigenvalue weighted by Gasteiger charge is -2.19. The van der Waals surface area contributed by atoms with E-state index in [2.05, 4.69) is 91.3 Å². The molecule has 7 rings (SSSR count). The zero-order valence-electron chi connectivity index (χ0n) is 30.4. The van der Waals surface area contributed by atoms with Crippen molar-refractivity contribution in [3.63, 3.8) is 0 Å². The van der Waals surface area contributed by atoms with E-state index in [0.717, 1.165) is 50.7 Å². The fourth-order valence-corrected chi connectivity index (χ4v) is 7.02. The van der Waals surface area contributed by atoms with Gasteiger partial charge in [0.05, 0.1) is 11.4 Å². The highest BCUT2D eigenvalue weighted by Crippen LogP contribution is 2.33. The van der Waals surface area contributed by atoms with Gasteiger partial charge < -0.3 is 21.3 Å². The van der Waals surface area contributed by atoms with Crippen LogP contribution in [0.2, 0.25) is 5.02 Å². The van der Waals surface area contributed by atoms with Crippen LogP contribution in [0.5, 0.6) is 11.5 Å². The number of phenolic OH excluding ortho intramolecular Hbond substituents is 1. The third kappa shape index (κ3) is 10.5. The molecule has 272 valence electrons. The lowest BCUT2D eigenvalue weighted by Crippen LogP contribution is -2.13. The average molecular weight is 790 g/mol. The largest absolute Gasteiger partial charge is 0.504 e. The second-order valence-corrected chi connectivity index (χ2v) is 15.0. The van der Waals surface area contributed by atoms with Crippen LogP contribution in [0, 0.1) is 0 Å². The number of hydrogen-bond donors (Lipinski definition) is 3. The molecule has 0 aliphatic heterocycles. The predicted octanol–water partition coefficient (Wildman–Crippen LogP) is 11.1. The quantitative estimate of drug-likeness (QED) is 0.110. The molecule has 0 bridgehead atoms. The lowest BCUT2D eigenvalue weighted by molar-refractivity contribution is -0.133. The van der Waals surface area contributed by atoms with Gasteiger partial charge in [-0.3, -0.25) is 4.79 Å². The smallest absolute Gasteiger partial charge is 0.315 e. The summed E-state index contributed by atoms with van der Waals surface area (Å²) in [5, 5.41) is 18.0. The number of aromatic hydroxyl groups is 1. The van der Waals surface area contributed by atoms with Crippen molar-refractivity contribution in [2.24, 2.45) is 11.5 Å². The van der Waals surface area contributed by atoms with Crippen molar-refractivity contribution in [2.75, 3.05) is 13.1 Å². The molecule has 0 radical (unpaired) electrons. The normalized spacial score (nSPS) is 11.1. The predicted molar refractivity (Wildman–Crippen MR) is 226 cm³/mol. The van der Waals surface area contributed by atoms with Crippen LogP contribution in [-0.4, -0.2) is 24.2 Å². The Morgan fingerprint density at radius 3 is 1.87 bits per heavy atom. The number of nitrogens with two attached hydrogens (primary N) is 2. The highest BCUT2D eigenvalue weighted by molar-refractivity contribution is 9.10. The summed E-state index contributed by atoms with van der Waals surface area (Å²) in [5.41, 5.74) is 15.3. The molecule has 5 N–H and O–H groups in total. The maximum Gasteiger partial charge on any atom is 0.315 e. The molecular formula is C46H46BrClN2O3. The molecule has 7 heteroatoms. The SMILES string of the molecule is CC(C)(C)c1ccc(OC(=O)Cc2ccc3ccccc3c2)c(O)c1.NCCc1ccc2ccccc2c1Br.NCCc1ccc2ccccc2c1Cl. The van der Waals surface area contributed by atoms with E-state index in [-0.39, 0.29) is 23.3 Å². The third-order valence-corrected chi connectivity index (χ3v) is 10.3. The summed E-state index contributed by atoms with van der Waals surface area (Å²) < 4.78 is 6.52. The average Bonchev–Trinajstić information content (AvgIpc) is 3.15. The van der Waals surface area contributed by atoms with E-state index in [4.69, 9.17) is 27.8 Å². The number of phenols is 1. The summed E-state index contributed by atoms with van der Waals surface area (Å²) in [6.45, 7) is 7.52.